The molecule has 0 unspecified atom stereocenters. The number of unbranched alkanes of at least 4 members (excludes halogenated alkanes) is 6. The molecule has 88 valence electrons. The van der Waals surface area contributed by atoms with Crippen molar-refractivity contribution in [3.8, 4) is 0 Å². The fraction of sp³-hybridized carbons (Fsp3) is 1.00. The maximum absolute atomic E-state index is 3.38. The van der Waals surface area contributed by atoms with Gasteiger partial charge >= 0.3 is 0 Å². The van der Waals surface area contributed by atoms with Crippen molar-refractivity contribution in [3.05, 3.63) is 0 Å². The minimum atomic E-state index is 1.17. The molecule has 0 bridgehead atoms. The zero-order valence-corrected chi connectivity index (χ0v) is 13.0. The maximum Gasteiger partial charge on any atom is 0.00313 e. The first kappa shape index (κ1) is 17.4. The van der Waals surface area contributed by atoms with Crippen LogP contribution in [-0.4, -0.2) is 10.7 Å². The SMILES string of the molecule is CCCCCCBr.CCCCCCBr. The Hall–Kier alpha value is 0.960. The molecule has 0 N–H and O–H groups in total. The lowest BCUT2D eigenvalue weighted by molar-refractivity contribution is 0.708. The highest BCUT2D eigenvalue weighted by Crippen LogP contribution is 2.00. The number of hydrogen-bond donors (Lipinski definition) is 0. The number of rotatable bonds is 8. The van der Waals surface area contributed by atoms with Crippen molar-refractivity contribution in [2.45, 2.75) is 65.2 Å². The predicted molar refractivity (Wildman–Crippen MR) is 75.9 cm³/mol. The maximum atomic E-state index is 3.38. The van der Waals surface area contributed by atoms with Crippen molar-refractivity contribution in [1.29, 1.82) is 0 Å². The van der Waals surface area contributed by atoms with Crippen LogP contribution in [-0.2, 0) is 0 Å². The number of halogens is 2. The normalized spacial score (nSPS) is 9.43. The van der Waals surface area contributed by atoms with Gasteiger partial charge in [0.1, 0.15) is 0 Å². The molecule has 0 heterocycles. The van der Waals surface area contributed by atoms with Crippen LogP contribution < -0.4 is 0 Å². The minimum Gasteiger partial charge on any atom is -0.0928 e. The lowest BCUT2D eigenvalue weighted by atomic mass is 10.2. The Bertz CT molecular complexity index is 56.7. The van der Waals surface area contributed by atoms with Crippen LogP contribution in [0.1, 0.15) is 65.2 Å². The summed E-state index contributed by atoms with van der Waals surface area (Å²) in [4.78, 5) is 0. The zero-order valence-electron chi connectivity index (χ0n) is 9.83. The molecule has 0 aromatic rings. The van der Waals surface area contributed by atoms with Crippen LogP contribution in [0.4, 0.5) is 0 Å². The average Bonchev–Trinajstić information content (AvgIpc) is 2.21. The molecule has 0 aromatic heterocycles. The van der Waals surface area contributed by atoms with Crippen LogP contribution in [0.15, 0.2) is 0 Å². The monoisotopic (exact) mass is 328 g/mol. The molecule has 0 aliphatic rings. The summed E-state index contributed by atoms with van der Waals surface area (Å²) < 4.78 is 0. The van der Waals surface area contributed by atoms with Crippen LogP contribution in [0.5, 0.6) is 0 Å². The summed E-state index contributed by atoms with van der Waals surface area (Å²) in [6.07, 6.45) is 10.9. The van der Waals surface area contributed by atoms with Gasteiger partial charge in [-0.1, -0.05) is 84.2 Å². The molecule has 0 rings (SSSR count). The molecule has 0 spiro atoms. The van der Waals surface area contributed by atoms with Crippen molar-refractivity contribution >= 4 is 31.9 Å². The van der Waals surface area contributed by atoms with Crippen LogP contribution in [0, 0.1) is 0 Å². The van der Waals surface area contributed by atoms with Crippen LogP contribution in [0.3, 0.4) is 0 Å². The third kappa shape index (κ3) is 23.1. The Morgan fingerprint density at radius 2 is 0.929 bits per heavy atom. The van der Waals surface area contributed by atoms with Gasteiger partial charge < -0.3 is 0 Å². The Labute approximate surface area is 107 Å². The molecule has 14 heavy (non-hydrogen) atoms. The van der Waals surface area contributed by atoms with E-state index in [-0.39, 0.29) is 0 Å². The Morgan fingerprint density at radius 3 is 1.14 bits per heavy atom. The molecule has 2 heteroatoms. The highest BCUT2D eigenvalue weighted by Gasteiger charge is 1.81. The van der Waals surface area contributed by atoms with Crippen molar-refractivity contribution in [1.82, 2.24) is 0 Å². The standard InChI is InChI=1S/2C6H13Br/c2*1-2-3-4-5-6-7/h2*2-6H2,1H3. The van der Waals surface area contributed by atoms with E-state index in [1.165, 1.54) is 62.0 Å². The summed E-state index contributed by atoms with van der Waals surface area (Å²) in [5.74, 6) is 0. The summed E-state index contributed by atoms with van der Waals surface area (Å²) in [6.45, 7) is 4.46. The molecule has 0 aliphatic heterocycles. The molecular formula is C12H26Br2. The number of alkyl halides is 2. The predicted octanol–water partition coefficient (Wildman–Crippen LogP) is 5.92. The average molecular weight is 330 g/mol. The minimum absolute atomic E-state index is 1.17. The smallest absolute Gasteiger partial charge is 0.00313 e. The van der Waals surface area contributed by atoms with E-state index in [9.17, 15) is 0 Å². The molecule has 0 aliphatic carbocycles. The number of hydrogen-bond acceptors (Lipinski definition) is 0. The molecule has 0 saturated heterocycles. The second kappa shape index (κ2) is 19.5. The first-order valence-electron chi connectivity index (χ1n) is 5.95. The Kier molecular flexibility index (Phi) is 24.2. The van der Waals surface area contributed by atoms with Gasteiger partial charge in [-0.25, -0.2) is 0 Å². The van der Waals surface area contributed by atoms with Gasteiger partial charge in [0.2, 0.25) is 0 Å². The van der Waals surface area contributed by atoms with Crippen LogP contribution in [0.2, 0.25) is 0 Å². The van der Waals surface area contributed by atoms with E-state index in [0.29, 0.717) is 0 Å². The van der Waals surface area contributed by atoms with Gasteiger partial charge in [-0.05, 0) is 12.8 Å². The van der Waals surface area contributed by atoms with Gasteiger partial charge in [-0.2, -0.15) is 0 Å². The van der Waals surface area contributed by atoms with Crippen molar-refractivity contribution in [3.63, 3.8) is 0 Å². The van der Waals surface area contributed by atoms with Crippen molar-refractivity contribution in [2.75, 3.05) is 10.7 Å². The van der Waals surface area contributed by atoms with E-state index >= 15 is 0 Å². The van der Waals surface area contributed by atoms with E-state index in [1.807, 2.05) is 0 Å². The summed E-state index contributed by atoms with van der Waals surface area (Å²) >= 11 is 6.76. The molecule has 0 nitrogen and oxygen atoms in total. The third-order valence-electron chi connectivity index (χ3n) is 1.97. The van der Waals surface area contributed by atoms with E-state index in [0.717, 1.165) is 0 Å². The van der Waals surface area contributed by atoms with Crippen molar-refractivity contribution < 1.29 is 0 Å². The topological polar surface area (TPSA) is 0 Å². The first-order valence-corrected chi connectivity index (χ1v) is 8.19. The van der Waals surface area contributed by atoms with E-state index in [2.05, 4.69) is 45.7 Å². The van der Waals surface area contributed by atoms with E-state index < -0.39 is 0 Å². The van der Waals surface area contributed by atoms with Gasteiger partial charge in [0, 0.05) is 10.7 Å². The lowest BCUT2D eigenvalue weighted by Gasteiger charge is -1.89. The molecule has 0 amide bonds. The van der Waals surface area contributed by atoms with Gasteiger partial charge in [0.15, 0.2) is 0 Å². The highest BCUT2D eigenvalue weighted by atomic mass is 79.9. The first-order chi connectivity index (χ1) is 6.83. The fourth-order valence-electron chi connectivity index (χ4n) is 1.04. The fourth-order valence-corrected chi connectivity index (χ4v) is 1.84. The van der Waals surface area contributed by atoms with Gasteiger partial charge in [0.05, 0.1) is 0 Å². The van der Waals surface area contributed by atoms with E-state index in [4.69, 9.17) is 0 Å². The summed E-state index contributed by atoms with van der Waals surface area (Å²) in [5.41, 5.74) is 0. The quantitative estimate of drug-likeness (QED) is 0.383. The summed E-state index contributed by atoms with van der Waals surface area (Å²) in [7, 11) is 0. The lowest BCUT2D eigenvalue weighted by Crippen LogP contribution is -1.73. The Morgan fingerprint density at radius 1 is 0.571 bits per heavy atom. The zero-order chi connectivity index (χ0) is 11.1. The molecule has 0 aromatic carbocycles. The molecule has 0 saturated carbocycles. The summed E-state index contributed by atoms with van der Waals surface area (Å²) in [6, 6.07) is 0. The van der Waals surface area contributed by atoms with E-state index in [1.54, 1.807) is 0 Å². The molecule has 0 fully saturated rings. The summed E-state index contributed by atoms with van der Waals surface area (Å²) in [5, 5.41) is 2.35. The largest absolute Gasteiger partial charge is 0.0928 e. The third-order valence-corrected chi connectivity index (χ3v) is 3.10. The second-order valence-electron chi connectivity index (χ2n) is 3.50. The van der Waals surface area contributed by atoms with Gasteiger partial charge in [-0.15, -0.1) is 0 Å². The van der Waals surface area contributed by atoms with Crippen LogP contribution >= 0.6 is 31.9 Å². The molecule has 0 radical (unpaired) electrons. The molecular weight excluding hydrogens is 304 g/mol. The molecule has 0 atom stereocenters. The highest BCUT2D eigenvalue weighted by molar-refractivity contribution is 9.09. The Balaban J connectivity index is 0. The second-order valence-corrected chi connectivity index (χ2v) is 5.09. The van der Waals surface area contributed by atoms with Gasteiger partial charge in [-0.3, -0.25) is 0 Å². The van der Waals surface area contributed by atoms with Gasteiger partial charge in [0.25, 0.3) is 0 Å². The van der Waals surface area contributed by atoms with Crippen molar-refractivity contribution in [2.24, 2.45) is 0 Å². The van der Waals surface area contributed by atoms with Crippen LogP contribution in [0.25, 0.3) is 0 Å².